The molecule has 1 aromatic heterocycles. The minimum Gasteiger partial charge on any atom is -0.407 e. The lowest BCUT2D eigenvalue weighted by Gasteiger charge is -2.06. The number of carbonyl (C=O) groups is 1. The Balaban J connectivity index is 1.69. The molecule has 3 aromatic rings. The summed E-state index contributed by atoms with van der Waals surface area (Å²) >= 11 is 1.62. The summed E-state index contributed by atoms with van der Waals surface area (Å²) < 4.78 is 5.52. The molecule has 0 aliphatic rings. The van der Waals surface area contributed by atoms with Gasteiger partial charge in [0.2, 0.25) is 5.89 Å². The molecule has 1 N–H and O–H groups in total. The lowest BCUT2D eigenvalue weighted by molar-refractivity contribution is 0.102. The van der Waals surface area contributed by atoms with Crippen molar-refractivity contribution in [3.63, 3.8) is 0 Å². The third-order valence-electron chi connectivity index (χ3n) is 3.32. The standard InChI is InChI=1S/C18H17N3O2S/c1-2-24-15-11-7-6-10-14(15)17(22)19-18-21-20-16(23-18)12-13-8-4-3-5-9-13/h3-11H,2,12H2,1H3,(H,19,21,22). The molecule has 1 heterocycles. The first kappa shape index (κ1) is 16.3. The van der Waals surface area contributed by atoms with E-state index in [4.69, 9.17) is 4.42 Å². The van der Waals surface area contributed by atoms with Crippen molar-refractivity contribution in [2.24, 2.45) is 0 Å². The second-order valence-electron chi connectivity index (χ2n) is 5.05. The average Bonchev–Trinajstić information content (AvgIpc) is 3.03. The first-order chi connectivity index (χ1) is 11.8. The van der Waals surface area contributed by atoms with Crippen LogP contribution in [-0.2, 0) is 6.42 Å². The molecular weight excluding hydrogens is 322 g/mol. The number of aromatic nitrogens is 2. The number of nitrogens with zero attached hydrogens (tertiary/aromatic N) is 2. The van der Waals surface area contributed by atoms with Gasteiger partial charge in [-0.1, -0.05) is 54.5 Å². The van der Waals surface area contributed by atoms with Crippen LogP contribution >= 0.6 is 11.8 Å². The molecule has 0 atom stereocenters. The Morgan fingerprint density at radius 2 is 1.83 bits per heavy atom. The maximum atomic E-state index is 12.4. The second-order valence-corrected chi connectivity index (χ2v) is 6.35. The van der Waals surface area contributed by atoms with E-state index in [-0.39, 0.29) is 11.9 Å². The minimum absolute atomic E-state index is 0.113. The molecular formula is C18H17N3O2S. The SMILES string of the molecule is CCSc1ccccc1C(=O)Nc1nnc(Cc2ccccc2)o1. The van der Waals surface area contributed by atoms with Crippen molar-refractivity contribution in [2.75, 3.05) is 11.1 Å². The molecule has 5 nitrogen and oxygen atoms in total. The molecule has 0 aliphatic heterocycles. The Labute approximate surface area is 144 Å². The molecule has 0 unspecified atom stereocenters. The number of nitrogens with one attached hydrogen (secondary N) is 1. The van der Waals surface area contributed by atoms with Crippen LogP contribution in [0.2, 0.25) is 0 Å². The summed E-state index contributed by atoms with van der Waals surface area (Å²) in [6.07, 6.45) is 0.534. The van der Waals surface area contributed by atoms with E-state index in [1.807, 2.05) is 55.5 Å². The molecule has 24 heavy (non-hydrogen) atoms. The second kappa shape index (κ2) is 7.79. The lowest BCUT2D eigenvalue weighted by atomic mass is 10.2. The Kier molecular flexibility index (Phi) is 5.28. The molecule has 0 saturated carbocycles. The fourth-order valence-electron chi connectivity index (χ4n) is 2.25. The Bertz CT molecular complexity index is 818. The van der Waals surface area contributed by atoms with Gasteiger partial charge in [0.1, 0.15) is 0 Å². The Morgan fingerprint density at radius 1 is 1.08 bits per heavy atom. The van der Waals surface area contributed by atoms with Crippen molar-refractivity contribution < 1.29 is 9.21 Å². The van der Waals surface area contributed by atoms with Crippen LogP contribution in [0.3, 0.4) is 0 Å². The molecule has 6 heteroatoms. The minimum atomic E-state index is -0.249. The highest BCUT2D eigenvalue weighted by Crippen LogP contribution is 2.23. The molecule has 122 valence electrons. The highest BCUT2D eigenvalue weighted by Gasteiger charge is 2.14. The number of rotatable bonds is 6. The van der Waals surface area contributed by atoms with Crippen LogP contribution in [0.15, 0.2) is 63.9 Å². The lowest BCUT2D eigenvalue weighted by Crippen LogP contribution is -2.13. The van der Waals surface area contributed by atoms with E-state index in [1.165, 1.54) is 0 Å². The van der Waals surface area contributed by atoms with Gasteiger partial charge in [-0.15, -0.1) is 16.9 Å². The van der Waals surface area contributed by atoms with Crippen LogP contribution in [0.5, 0.6) is 0 Å². The molecule has 0 saturated heterocycles. The molecule has 3 rings (SSSR count). The maximum absolute atomic E-state index is 12.4. The summed E-state index contributed by atoms with van der Waals surface area (Å²) in [5.41, 5.74) is 1.68. The van der Waals surface area contributed by atoms with E-state index < -0.39 is 0 Å². The van der Waals surface area contributed by atoms with Crippen molar-refractivity contribution in [1.29, 1.82) is 0 Å². The van der Waals surface area contributed by atoms with Crippen molar-refractivity contribution in [1.82, 2.24) is 10.2 Å². The summed E-state index contributed by atoms with van der Waals surface area (Å²) in [5, 5.41) is 10.5. The summed E-state index contributed by atoms with van der Waals surface area (Å²) in [6, 6.07) is 17.4. The van der Waals surface area contributed by atoms with Gasteiger partial charge in [-0.25, -0.2) is 0 Å². The zero-order valence-corrected chi connectivity index (χ0v) is 14.0. The molecule has 2 aromatic carbocycles. The van der Waals surface area contributed by atoms with E-state index in [9.17, 15) is 4.79 Å². The molecule has 0 radical (unpaired) electrons. The normalized spacial score (nSPS) is 10.5. The summed E-state index contributed by atoms with van der Waals surface area (Å²) in [4.78, 5) is 13.4. The zero-order chi connectivity index (χ0) is 16.8. The molecule has 0 bridgehead atoms. The van der Waals surface area contributed by atoms with E-state index in [0.717, 1.165) is 16.2 Å². The highest BCUT2D eigenvalue weighted by molar-refractivity contribution is 7.99. The number of hydrogen-bond donors (Lipinski definition) is 1. The smallest absolute Gasteiger partial charge is 0.322 e. The number of hydrogen-bond acceptors (Lipinski definition) is 5. The van der Waals surface area contributed by atoms with Gasteiger partial charge >= 0.3 is 6.01 Å². The van der Waals surface area contributed by atoms with Crippen molar-refractivity contribution >= 4 is 23.7 Å². The number of amides is 1. The van der Waals surface area contributed by atoms with Crippen LogP contribution in [-0.4, -0.2) is 21.9 Å². The Morgan fingerprint density at radius 3 is 2.62 bits per heavy atom. The van der Waals surface area contributed by atoms with Crippen molar-refractivity contribution in [2.45, 2.75) is 18.2 Å². The molecule has 0 spiro atoms. The largest absolute Gasteiger partial charge is 0.407 e. The van der Waals surface area contributed by atoms with Crippen LogP contribution in [0.25, 0.3) is 0 Å². The van der Waals surface area contributed by atoms with E-state index in [0.29, 0.717) is 17.9 Å². The van der Waals surface area contributed by atoms with Crippen LogP contribution in [0.4, 0.5) is 6.01 Å². The van der Waals surface area contributed by atoms with Gasteiger partial charge in [0.15, 0.2) is 0 Å². The average molecular weight is 339 g/mol. The monoisotopic (exact) mass is 339 g/mol. The fraction of sp³-hybridized carbons (Fsp3) is 0.167. The predicted octanol–water partition coefficient (Wildman–Crippen LogP) is 4.02. The van der Waals surface area contributed by atoms with E-state index in [2.05, 4.69) is 15.5 Å². The summed E-state index contributed by atoms with van der Waals surface area (Å²) in [5.74, 6) is 1.11. The van der Waals surface area contributed by atoms with Gasteiger partial charge in [0.25, 0.3) is 5.91 Å². The first-order valence-corrected chi connectivity index (χ1v) is 8.64. The topological polar surface area (TPSA) is 68.0 Å². The van der Waals surface area contributed by atoms with Gasteiger partial charge in [0.05, 0.1) is 12.0 Å². The van der Waals surface area contributed by atoms with Gasteiger partial charge in [-0.2, -0.15) is 0 Å². The quantitative estimate of drug-likeness (QED) is 0.687. The van der Waals surface area contributed by atoms with E-state index in [1.54, 1.807) is 17.8 Å². The third kappa shape index (κ3) is 4.02. The van der Waals surface area contributed by atoms with Crippen LogP contribution in [0.1, 0.15) is 28.7 Å². The van der Waals surface area contributed by atoms with Gasteiger partial charge < -0.3 is 4.42 Å². The molecule has 0 aliphatic carbocycles. The number of anilines is 1. The fourth-order valence-corrected chi connectivity index (χ4v) is 3.05. The molecule has 1 amide bonds. The third-order valence-corrected chi connectivity index (χ3v) is 4.27. The zero-order valence-electron chi connectivity index (χ0n) is 13.2. The van der Waals surface area contributed by atoms with Gasteiger partial charge in [0, 0.05) is 4.90 Å². The summed E-state index contributed by atoms with van der Waals surface area (Å²) in [6.45, 7) is 2.05. The van der Waals surface area contributed by atoms with E-state index >= 15 is 0 Å². The molecule has 0 fully saturated rings. The number of carbonyl (C=O) groups excluding carboxylic acids is 1. The predicted molar refractivity (Wildman–Crippen MR) is 94.3 cm³/mol. The van der Waals surface area contributed by atoms with Crippen molar-refractivity contribution in [3.05, 3.63) is 71.6 Å². The van der Waals surface area contributed by atoms with Gasteiger partial charge in [-0.3, -0.25) is 10.1 Å². The number of thioether (sulfide) groups is 1. The first-order valence-electron chi connectivity index (χ1n) is 7.65. The number of benzene rings is 2. The maximum Gasteiger partial charge on any atom is 0.322 e. The van der Waals surface area contributed by atoms with Crippen LogP contribution < -0.4 is 5.32 Å². The van der Waals surface area contributed by atoms with Crippen molar-refractivity contribution in [3.8, 4) is 0 Å². The highest BCUT2D eigenvalue weighted by atomic mass is 32.2. The van der Waals surface area contributed by atoms with Crippen LogP contribution in [0, 0.1) is 0 Å². The summed E-state index contributed by atoms with van der Waals surface area (Å²) in [7, 11) is 0. The van der Waals surface area contributed by atoms with Gasteiger partial charge in [-0.05, 0) is 23.4 Å². The Hall–Kier alpha value is -2.60.